The van der Waals surface area contributed by atoms with Crippen molar-refractivity contribution in [3.63, 3.8) is 0 Å². The largest absolute Gasteiger partial charge is 0.497 e. The number of hydrogen-bond donors (Lipinski definition) is 1. The van der Waals surface area contributed by atoms with E-state index >= 15 is 0 Å². The van der Waals surface area contributed by atoms with Gasteiger partial charge < -0.3 is 19.5 Å². The van der Waals surface area contributed by atoms with E-state index in [0.717, 1.165) is 5.56 Å². The van der Waals surface area contributed by atoms with Crippen molar-refractivity contribution >= 4 is 5.91 Å². The first-order valence-electron chi connectivity index (χ1n) is 7.98. The summed E-state index contributed by atoms with van der Waals surface area (Å²) < 4.78 is 16.3. The maximum Gasteiger partial charge on any atom is 0.251 e. The normalized spacial score (nSPS) is 10.1. The standard InChI is InChI=1S/C19H23NO4/c1-4-23-17-10-9-14(11-18(17)24-5-2)13-20-19(21)15-7-6-8-16(12-15)22-3/h6-12H,4-5,13H2,1-3H3,(H,20,21). The van der Waals surface area contributed by atoms with Crippen molar-refractivity contribution in [2.24, 2.45) is 0 Å². The zero-order chi connectivity index (χ0) is 17.4. The van der Waals surface area contributed by atoms with Gasteiger partial charge in [0.05, 0.1) is 20.3 Å². The molecule has 2 aromatic carbocycles. The molecular weight excluding hydrogens is 306 g/mol. The van der Waals surface area contributed by atoms with Crippen LogP contribution in [0.4, 0.5) is 0 Å². The summed E-state index contributed by atoms with van der Waals surface area (Å²) in [5.74, 6) is 1.90. The molecule has 0 aliphatic carbocycles. The van der Waals surface area contributed by atoms with Crippen molar-refractivity contribution in [2.45, 2.75) is 20.4 Å². The summed E-state index contributed by atoms with van der Waals surface area (Å²) in [4.78, 5) is 12.2. The number of amides is 1. The lowest BCUT2D eigenvalue weighted by molar-refractivity contribution is 0.0950. The van der Waals surface area contributed by atoms with Crippen LogP contribution >= 0.6 is 0 Å². The minimum absolute atomic E-state index is 0.152. The molecule has 0 fully saturated rings. The van der Waals surface area contributed by atoms with Gasteiger partial charge in [0.1, 0.15) is 5.75 Å². The average molecular weight is 329 g/mol. The van der Waals surface area contributed by atoms with Crippen LogP contribution in [0.1, 0.15) is 29.8 Å². The number of benzene rings is 2. The molecule has 1 amide bonds. The van der Waals surface area contributed by atoms with Crippen LogP contribution in [0.3, 0.4) is 0 Å². The molecule has 0 saturated heterocycles. The first-order chi connectivity index (χ1) is 11.7. The Morgan fingerprint density at radius 2 is 1.75 bits per heavy atom. The molecule has 0 aliphatic heterocycles. The van der Waals surface area contributed by atoms with Gasteiger partial charge in [0.25, 0.3) is 5.91 Å². The van der Waals surface area contributed by atoms with Crippen molar-refractivity contribution in [2.75, 3.05) is 20.3 Å². The molecular formula is C19H23NO4. The fourth-order valence-corrected chi connectivity index (χ4v) is 2.25. The predicted molar refractivity (Wildman–Crippen MR) is 92.9 cm³/mol. The Morgan fingerprint density at radius 3 is 2.46 bits per heavy atom. The van der Waals surface area contributed by atoms with Crippen LogP contribution in [0.25, 0.3) is 0 Å². The fraction of sp³-hybridized carbons (Fsp3) is 0.316. The number of hydrogen-bond acceptors (Lipinski definition) is 4. The third kappa shape index (κ3) is 4.65. The summed E-state index contributed by atoms with van der Waals surface area (Å²) in [6.07, 6.45) is 0. The SMILES string of the molecule is CCOc1ccc(CNC(=O)c2cccc(OC)c2)cc1OCC. The molecule has 0 aromatic heterocycles. The molecule has 0 atom stereocenters. The third-order valence-electron chi connectivity index (χ3n) is 3.39. The van der Waals surface area contributed by atoms with E-state index in [4.69, 9.17) is 14.2 Å². The highest BCUT2D eigenvalue weighted by atomic mass is 16.5. The summed E-state index contributed by atoms with van der Waals surface area (Å²) >= 11 is 0. The average Bonchev–Trinajstić information content (AvgIpc) is 2.62. The number of methoxy groups -OCH3 is 1. The third-order valence-corrected chi connectivity index (χ3v) is 3.39. The maximum atomic E-state index is 12.2. The lowest BCUT2D eigenvalue weighted by Crippen LogP contribution is -2.22. The van der Waals surface area contributed by atoms with Gasteiger partial charge in [-0.05, 0) is 49.7 Å². The first kappa shape index (κ1) is 17.7. The predicted octanol–water partition coefficient (Wildman–Crippen LogP) is 3.42. The summed E-state index contributed by atoms with van der Waals surface area (Å²) in [6, 6.07) is 12.7. The molecule has 1 N–H and O–H groups in total. The Morgan fingerprint density at radius 1 is 1.00 bits per heavy atom. The molecule has 0 heterocycles. The number of nitrogens with one attached hydrogen (secondary N) is 1. The topological polar surface area (TPSA) is 56.8 Å². The Bertz CT molecular complexity index is 685. The van der Waals surface area contributed by atoms with Crippen molar-refractivity contribution in [3.8, 4) is 17.2 Å². The highest BCUT2D eigenvalue weighted by Gasteiger charge is 2.09. The van der Waals surface area contributed by atoms with Gasteiger partial charge in [-0.3, -0.25) is 4.79 Å². The molecule has 0 radical (unpaired) electrons. The van der Waals surface area contributed by atoms with Gasteiger partial charge >= 0.3 is 0 Å². The quantitative estimate of drug-likeness (QED) is 0.806. The summed E-state index contributed by atoms with van der Waals surface area (Å²) in [5.41, 5.74) is 1.50. The highest BCUT2D eigenvalue weighted by molar-refractivity contribution is 5.94. The van der Waals surface area contributed by atoms with Crippen LogP contribution in [0.5, 0.6) is 17.2 Å². The zero-order valence-corrected chi connectivity index (χ0v) is 14.3. The fourth-order valence-electron chi connectivity index (χ4n) is 2.25. The summed E-state index contributed by atoms with van der Waals surface area (Å²) in [5, 5.41) is 2.90. The second-order valence-electron chi connectivity index (χ2n) is 5.06. The Hall–Kier alpha value is -2.69. The van der Waals surface area contributed by atoms with Crippen LogP contribution in [0.15, 0.2) is 42.5 Å². The van der Waals surface area contributed by atoms with E-state index < -0.39 is 0 Å². The molecule has 5 nitrogen and oxygen atoms in total. The number of rotatable bonds is 8. The molecule has 0 aliphatic rings. The first-order valence-corrected chi connectivity index (χ1v) is 7.98. The van der Waals surface area contributed by atoms with E-state index in [-0.39, 0.29) is 5.91 Å². The van der Waals surface area contributed by atoms with Crippen molar-refractivity contribution in [3.05, 3.63) is 53.6 Å². The van der Waals surface area contributed by atoms with Gasteiger partial charge in [0.2, 0.25) is 0 Å². The highest BCUT2D eigenvalue weighted by Crippen LogP contribution is 2.28. The van der Waals surface area contributed by atoms with Gasteiger partial charge in [0.15, 0.2) is 11.5 Å². The lowest BCUT2D eigenvalue weighted by atomic mass is 10.1. The number of carbonyl (C=O) groups is 1. The van der Waals surface area contributed by atoms with E-state index in [1.165, 1.54) is 0 Å². The molecule has 24 heavy (non-hydrogen) atoms. The second-order valence-corrected chi connectivity index (χ2v) is 5.06. The van der Waals surface area contributed by atoms with E-state index in [1.54, 1.807) is 31.4 Å². The van der Waals surface area contributed by atoms with E-state index in [1.807, 2.05) is 32.0 Å². The van der Waals surface area contributed by atoms with Crippen LogP contribution in [-0.2, 0) is 6.54 Å². The van der Waals surface area contributed by atoms with Gasteiger partial charge in [-0.1, -0.05) is 12.1 Å². The number of carbonyl (C=O) groups excluding carboxylic acids is 1. The van der Waals surface area contributed by atoms with E-state index in [0.29, 0.717) is 42.6 Å². The minimum Gasteiger partial charge on any atom is -0.497 e. The van der Waals surface area contributed by atoms with Crippen LogP contribution in [0, 0.1) is 0 Å². The van der Waals surface area contributed by atoms with Crippen molar-refractivity contribution in [1.82, 2.24) is 5.32 Å². The smallest absolute Gasteiger partial charge is 0.251 e. The van der Waals surface area contributed by atoms with E-state index in [2.05, 4.69) is 5.32 Å². The second kappa shape index (κ2) is 8.82. The van der Waals surface area contributed by atoms with Crippen molar-refractivity contribution in [1.29, 1.82) is 0 Å². The van der Waals surface area contributed by atoms with Gasteiger partial charge in [-0.25, -0.2) is 0 Å². The molecule has 2 aromatic rings. The zero-order valence-electron chi connectivity index (χ0n) is 14.3. The number of ether oxygens (including phenoxy) is 3. The monoisotopic (exact) mass is 329 g/mol. The van der Waals surface area contributed by atoms with Crippen LogP contribution in [-0.4, -0.2) is 26.2 Å². The molecule has 0 unspecified atom stereocenters. The van der Waals surface area contributed by atoms with Gasteiger partial charge in [0, 0.05) is 12.1 Å². The maximum absolute atomic E-state index is 12.2. The molecule has 5 heteroatoms. The lowest BCUT2D eigenvalue weighted by Gasteiger charge is -2.13. The van der Waals surface area contributed by atoms with E-state index in [9.17, 15) is 4.79 Å². The molecule has 128 valence electrons. The Kier molecular flexibility index (Phi) is 6.49. The minimum atomic E-state index is -0.152. The van der Waals surface area contributed by atoms with Gasteiger partial charge in [-0.15, -0.1) is 0 Å². The summed E-state index contributed by atoms with van der Waals surface area (Å²) in [7, 11) is 1.58. The molecule has 0 bridgehead atoms. The Balaban J connectivity index is 2.05. The van der Waals surface area contributed by atoms with Gasteiger partial charge in [-0.2, -0.15) is 0 Å². The molecule has 0 saturated carbocycles. The van der Waals surface area contributed by atoms with Crippen LogP contribution < -0.4 is 19.5 Å². The summed E-state index contributed by atoms with van der Waals surface area (Å²) in [6.45, 7) is 5.39. The molecule has 0 spiro atoms. The molecule has 2 rings (SSSR count). The van der Waals surface area contributed by atoms with Crippen molar-refractivity contribution < 1.29 is 19.0 Å². The Labute approximate surface area is 142 Å². The van der Waals surface area contributed by atoms with Crippen LogP contribution in [0.2, 0.25) is 0 Å².